The maximum atomic E-state index is 11.6. The number of carbonyl (C=O) groups is 1. The number of carboxylic acids is 1. The molecular weight excluding hydrogens is 452 g/mol. The molecule has 4 rings (SSSR count). The van der Waals surface area contributed by atoms with Crippen LogP contribution in [0.3, 0.4) is 0 Å². The molecule has 0 aliphatic carbocycles. The molecule has 2 aromatic carbocycles. The van der Waals surface area contributed by atoms with E-state index in [2.05, 4.69) is 27.4 Å². The number of halogens is 1. The van der Waals surface area contributed by atoms with Crippen molar-refractivity contribution in [3.05, 3.63) is 81.8 Å². The number of benzene rings is 2. The molecule has 2 N–H and O–H groups in total. The number of nitrogens with one attached hydrogen (secondary N) is 1. The van der Waals surface area contributed by atoms with Crippen molar-refractivity contribution in [1.29, 1.82) is 10.5 Å². The van der Waals surface area contributed by atoms with Crippen LogP contribution < -0.4 is 5.32 Å². The Balaban J connectivity index is 1.87. The Labute approximate surface area is 200 Å². The van der Waals surface area contributed by atoms with Crippen LogP contribution in [0, 0.1) is 29.6 Å². The third kappa shape index (κ3) is 4.36. The molecule has 0 amide bonds. The van der Waals surface area contributed by atoms with Crippen LogP contribution in [0.1, 0.15) is 45.8 Å². The molecule has 34 heavy (non-hydrogen) atoms. The highest BCUT2D eigenvalue weighted by molar-refractivity contribution is 6.29. The van der Waals surface area contributed by atoms with Gasteiger partial charge in [0.2, 0.25) is 0 Å². The van der Waals surface area contributed by atoms with Crippen molar-refractivity contribution >= 4 is 34.3 Å². The summed E-state index contributed by atoms with van der Waals surface area (Å²) in [4.78, 5) is 24.9. The Hall–Kier alpha value is -4.53. The van der Waals surface area contributed by atoms with Gasteiger partial charge in [-0.25, -0.2) is 19.7 Å². The highest BCUT2D eigenvalue weighted by Gasteiger charge is 2.20. The minimum Gasteiger partial charge on any atom is -0.476 e. The number of nitrogens with zero attached hydrogens (tertiary/aromatic N) is 5. The number of aryl methyl sites for hydroxylation is 1. The summed E-state index contributed by atoms with van der Waals surface area (Å²) in [7, 11) is 0. The predicted molar refractivity (Wildman–Crippen MR) is 127 cm³/mol. The fraction of sp³-hybridized carbons (Fsp3) is 0.120. The average Bonchev–Trinajstić information content (AvgIpc) is 2.83. The first-order valence-corrected chi connectivity index (χ1v) is 10.6. The number of aromatic carboxylic acids is 1. The SMILES string of the molecule is Cc1cc([C@@H](C)Nc2ccc(Cl)nc2C(=O)O)c2nc(-c3cccc(C#N)c3)c(C#N)nc2c1. The molecule has 8 nitrogen and oxygen atoms in total. The quantitative estimate of drug-likeness (QED) is 0.378. The first kappa shape index (κ1) is 22.7. The molecule has 0 unspecified atom stereocenters. The minimum absolute atomic E-state index is 0.0794. The third-order valence-corrected chi connectivity index (χ3v) is 5.43. The van der Waals surface area contributed by atoms with Crippen molar-refractivity contribution in [2.45, 2.75) is 19.9 Å². The van der Waals surface area contributed by atoms with E-state index in [9.17, 15) is 20.4 Å². The summed E-state index contributed by atoms with van der Waals surface area (Å²) >= 11 is 5.87. The summed E-state index contributed by atoms with van der Waals surface area (Å²) in [6, 6.07) is 17.5. The maximum absolute atomic E-state index is 11.6. The van der Waals surface area contributed by atoms with Crippen molar-refractivity contribution < 1.29 is 9.90 Å². The first-order chi connectivity index (χ1) is 16.3. The molecule has 166 valence electrons. The number of pyridine rings is 1. The fourth-order valence-electron chi connectivity index (χ4n) is 3.70. The van der Waals surface area contributed by atoms with Gasteiger partial charge in [0.15, 0.2) is 11.4 Å². The van der Waals surface area contributed by atoms with Crippen LogP contribution in [0.25, 0.3) is 22.3 Å². The van der Waals surface area contributed by atoms with E-state index in [4.69, 9.17) is 16.6 Å². The van der Waals surface area contributed by atoms with Crippen LogP contribution in [0.15, 0.2) is 48.5 Å². The molecule has 9 heteroatoms. The molecule has 0 spiro atoms. The molecule has 4 aromatic rings. The summed E-state index contributed by atoms with van der Waals surface area (Å²) < 4.78 is 0. The maximum Gasteiger partial charge on any atom is 0.356 e. The normalized spacial score (nSPS) is 11.4. The molecule has 0 bridgehead atoms. The molecular formula is C25H17ClN6O2. The van der Waals surface area contributed by atoms with Gasteiger partial charge in [-0.05, 0) is 49.7 Å². The molecule has 0 radical (unpaired) electrons. The largest absolute Gasteiger partial charge is 0.476 e. The number of carboxylic acid groups (broad SMARTS) is 1. The number of fused-ring (bicyclic) bond motifs is 1. The van der Waals surface area contributed by atoms with Gasteiger partial charge in [-0.15, -0.1) is 0 Å². The minimum atomic E-state index is -1.20. The lowest BCUT2D eigenvalue weighted by molar-refractivity contribution is 0.0691. The van der Waals surface area contributed by atoms with E-state index >= 15 is 0 Å². The summed E-state index contributed by atoms with van der Waals surface area (Å²) in [5, 5.41) is 31.7. The Morgan fingerprint density at radius 2 is 1.88 bits per heavy atom. The van der Waals surface area contributed by atoms with Crippen LogP contribution in [0.5, 0.6) is 0 Å². The summed E-state index contributed by atoms with van der Waals surface area (Å²) in [5.74, 6) is -1.20. The van der Waals surface area contributed by atoms with Gasteiger partial charge in [0.1, 0.15) is 16.9 Å². The van der Waals surface area contributed by atoms with Gasteiger partial charge in [0.25, 0.3) is 0 Å². The molecule has 0 saturated carbocycles. The van der Waals surface area contributed by atoms with Crippen LogP contribution in [0.4, 0.5) is 5.69 Å². The second-order valence-corrected chi connectivity index (χ2v) is 8.04. The van der Waals surface area contributed by atoms with Gasteiger partial charge in [-0.1, -0.05) is 29.8 Å². The Morgan fingerprint density at radius 3 is 2.59 bits per heavy atom. The van der Waals surface area contributed by atoms with Crippen LogP contribution in [0.2, 0.25) is 5.15 Å². The highest BCUT2D eigenvalue weighted by atomic mass is 35.5. The van der Waals surface area contributed by atoms with Crippen molar-refractivity contribution in [3.8, 4) is 23.4 Å². The molecule has 1 atom stereocenters. The van der Waals surface area contributed by atoms with Crippen molar-refractivity contribution in [3.63, 3.8) is 0 Å². The van der Waals surface area contributed by atoms with Gasteiger partial charge in [-0.3, -0.25) is 0 Å². The lowest BCUT2D eigenvalue weighted by Gasteiger charge is -2.19. The number of anilines is 1. The van der Waals surface area contributed by atoms with Crippen molar-refractivity contribution in [2.75, 3.05) is 5.32 Å². The number of rotatable bonds is 5. The summed E-state index contributed by atoms with van der Waals surface area (Å²) in [6.07, 6.45) is 0. The standard InChI is InChI=1S/C25H17ClN6O2/c1-13-8-17(14(2)29-18-6-7-21(26)31-24(18)25(33)34)23-19(9-13)30-20(12-28)22(32-23)16-5-3-4-15(10-16)11-27/h3-10,14,29H,1-2H3,(H,33,34)/t14-/m1/s1. The number of hydrogen-bond donors (Lipinski definition) is 2. The number of aromatic nitrogens is 3. The Kier molecular flexibility index (Phi) is 6.09. The zero-order valence-electron chi connectivity index (χ0n) is 18.2. The predicted octanol–water partition coefficient (Wildman–Crippen LogP) is 5.27. The number of nitriles is 2. The van der Waals surface area contributed by atoms with E-state index in [0.717, 1.165) is 11.1 Å². The van der Waals surface area contributed by atoms with E-state index in [1.165, 1.54) is 6.07 Å². The van der Waals surface area contributed by atoms with E-state index in [0.29, 0.717) is 33.5 Å². The van der Waals surface area contributed by atoms with Gasteiger partial charge in [0.05, 0.1) is 34.4 Å². The van der Waals surface area contributed by atoms with Crippen LogP contribution in [-0.4, -0.2) is 26.0 Å². The molecule has 0 aliphatic heterocycles. The van der Waals surface area contributed by atoms with E-state index in [-0.39, 0.29) is 22.6 Å². The topological polar surface area (TPSA) is 136 Å². The third-order valence-electron chi connectivity index (χ3n) is 5.22. The summed E-state index contributed by atoms with van der Waals surface area (Å²) in [6.45, 7) is 3.77. The van der Waals surface area contributed by atoms with E-state index in [1.807, 2.05) is 26.0 Å². The molecule has 0 fully saturated rings. The molecule has 0 saturated heterocycles. The molecule has 2 heterocycles. The second kappa shape index (κ2) is 9.14. The first-order valence-electron chi connectivity index (χ1n) is 10.2. The van der Waals surface area contributed by atoms with Crippen LogP contribution in [-0.2, 0) is 0 Å². The van der Waals surface area contributed by atoms with Crippen LogP contribution >= 0.6 is 11.6 Å². The van der Waals surface area contributed by atoms with Gasteiger partial charge in [0, 0.05) is 11.1 Å². The second-order valence-electron chi connectivity index (χ2n) is 7.65. The zero-order chi connectivity index (χ0) is 24.4. The zero-order valence-corrected chi connectivity index (χ0v) is 18.9. The Morgan fingerprint density at radius 1 is 1.09 bits per heavy atom. The van der Waals surface area contributed by atoms with E-state index in [1.54, 1.807) is 30.3 Å². The fourth-order valence-corrected chi connectivity index (χ4v) is 3.85. The van der Waals surface area contributed by atoms with E-state index < -0.39 is 5.97 Å². The van der Waals surface area contributed by atoms with Gasteiger partial charge < -0.3 is 10.4 Å². The smallest absolute Gasteiger partial charge is 0.356 e. The Bertz CT molecular complexity index is 1540. The molecule has 2 aromatic heterocycles. The lowest BCUT2D eigenvalue weighted by Crippen LogP contribution is -2.13. The van der Waals surface area contributed by atoms with Crippen molar-refractivity contribution in [1.82, 2.24) is 15.0 Å². The van der Waals surface area contributed by atoms with Crippen molar-refractivity contribution in [2.24, 2.45) is 0 Å². The van der Waals surface area contributed by atoms with Gasteiger partial charge in [-0.2, -0.15) is 10.5 Å². The number of hydrogen-bond acceptors (Lipinski definition) is 7. The monoisotopic (exact) mass is 468 g/mol. The highest BCUT2D eigenvalue weighted by Crippen LogP contribution is 2.31. The lowest BCUT2D eigenvalue weighted by atomic mass is 10.0. The molecule has 0 aliphatic rings. The average molecular weight is 469 g/mol. The van der Waals surface area contributed by atoms with Gasteiger partial charge >= 0.3 is 5.97 Å². The summed E-state index contributed by atoms with van der Waals surface area (Å²) in [5.41, 5.74) is 4.43.